The topological polar surface area (TPSA) is 131 Å². The number of carbonyl (C=O) groups is 2. The summed E-state index contributed by atoms with van der Waals surface area (Å²) in [6.07, 6.45) is 1.96. The van der Waals surface area contributed by atoms with E-state index in [-0.39, 0.29) is 23.8 Å². The van der Waals surface area contributed by atoms with E-state index < -0.39 is 23.4 Å². The Labute approximate surface area is 160 Å². The Morgan fingerprint density at radius 3 is 2.68 bits per heavy atom. The van der Waals surface area contributed by atoms with Gasteiger partial charge in [0.15, 0.2) is 6.61 Å². The van der Waals surface area contributed by atoms with E-state index in [4.69, 9.17) is 9.84 Å². The van der Waals surface area contributed by atoms with Crippen molar-refractivity contribution in [2.45, 2.75) is 25.4 Å². The van der Waals surface area contributed by atoms with Gasteiger partial charge in [-0.05, 0) is 42.7 Å². The maximum absolute atomic E-state index is 12.4. The van der Waals surface area contributed by atoms with Crippen LogP contribution >= 0.6 is 0 Å². The SMILES string of the molecule is O=C(O)COc1cccc(CNC(=O)c2ccc(NC3CC3)c([N+](=O)[O-])c2)c1. The summed E-state index contributed by atoms with van der Waals surface area (Å²) < 4.78 is 5.10. The van der Waals surface area contributed by atoms with E-state index in [1.165, 1.54) is 6.07 Å². The van der Waals surface area contributed by atoms with Crippen molar-refractivity contribution in [3.8, 4) is 5.75 Å². The number of hydrogen-bond donors (Lipinski definition) is 3. The number of amides is 1. The smallest absolute Gasteiger partial charge is 0.341 e. The molecule has 1 amide bonds. The zero-order chi connectivity index (χ0) is 20.1. The van der Waals surface area contributed by atoms with Gasteiger partial charge in [-0.2, -0.15) is 0 Å². The van der Waals surface area contributed by atoms with Crippen LogP contribution in [-0.2, 0) is 11.3 Å². The lowest BCUT2D eigenvalue weighted by molar-refractivity contribution is -0.384. The van der Waals surface area contributed by atoms with Gasteiger partial charge in [-0.1, -0.05) is 12.1 Å². The number of ether oxygens (including phenoxy) is 1. The highest BCUT2D eigenvalue weighted by atomic mass is 16.6. The van der Waals surface area contributed by atoms with Gasteiger partial charge in [0.25, 0.3) is 11.6 Å². The molecule has 146 valence electrons. The summed E-state index contributed by atoms with van der Waals surface area (Å²) in [5.74, 6) is -1.15. The third kappa shape index (κ3) is 5.19. The Morgan fingerprint density at radius 1 is 1.21 bits per heavy atom. The van der Waals surface area contributed by atoms with Gasteiger partial charge >= 0.3 is 5.97 Å². The van der Waals surface area contributed by atoms with Crippen LogP contribution in [0.3, 0.4) is 0 Å². The second-order valence-electron chi connectivity index (χ2n) is 6.42. The number of nitrogens with one attached hydrogen (secondary N) is 2. The summed E-state index contributed by atoms with van der Waals surface area (Å²) >= 11 is 0. The Hall–Kier alpha value is -3.62. The Balaban J connectivity index is 1.64. The fourth-order valence-corrected chi connectivity index (χ4v) is 2.57. The van der Waals surface area contributed by atoms with Gasteiger partial charge in [0.1, 0.15) is 11.4 Å². The van der Waals surface area contributed by atoms with Crippen molar-refractivity contribution in [2.75, 3.05) is 11.9 Å². The van der Waals surface area contributed by atoms with Gasteiger partial charge in [-0.25, -0.2) is 4.79 Å². The second-order valence-corrected chi connectivity index (χ2v) is 6.42. The van der Waals surface area contributed by atoms with Crippen molar-refractivity contribution in [3.63, 3.8) is 0 Å². The molecule has 0 atom stereocenters. The van der Waals surface area contributed by atoms with Crippen molar-refractivity contribution < 1.29 is 24.4 Å². The number of carbonyl (C=O) groups excluding carboxylic acids is 1. The summed E-state index contributed by atoms with van der Waals surface area (Å²) in [5.41, 5.74) is 1.17. The average Bonchev–Trinajstić information content (AvgIpc) is 3.49. The van der Waals surface area contributed by atoms with E-state index in [1.807, 2.05) is 0 Å². The molecular formula is C19H19N3O6. The minimum Gasteiger partial charge on any atom is -0.482 e. The number of nitro benzene ring substituents is 1. The minimum absolute atomic E-state index is 0.136. The summed E-state index contributed by atoms with van der Waals surface area (Å²) in [4.78, 5) is 33.7. The third-order valence-corrected chi connectivity index (χ3v) is 4.11. The summed E-state index contributed by atoms with van der Waals surface area (Å²) in [7, 11) is 0. The molecule has 2 aromatic carbocycles. The highest BCUT2D eigenvalue weighted by molar-refractivity contribution is 5.95. The predicted octanol–water partition coefficient (Wildman–Crippen LogP) is 2.56. The standard InChI is InChI=1S/C19H19N3O6/c23-18(24)11-28-15-3-1-2-12(8-15)10-20-19(25)13-4-7-16(21-14-5-6-14)17(9-13)22(26)27/h1-4,7-9,14,21H,5-6,10-11H2,(H,20,25)(H,23,24). The molecule has 28 heavy (non-hydrogen) atoms. The van der Waals surface area contributed by atoms with Crippen molar-refractivity contribution in [3.05, 3.63) is 63.7 Å². The molecule has 0 bridgehead atoms. The first kappa shape index (κ1) is 19.2. The van der Waals surface area contributed by atoms with Crippen molar-refractivity contribution in [1.29, 1.82) is 0 Å². The monoisotopic (exact) mass is 385 g/mol. The van der Waals surface area contributed by atoms with Crippen LogP contribution in [0.5, 0.6) is 5.75 Å². The molecule has 0 radical (unpaired) electrons. The number of nitrogens with zero attached hydrogens (tertiary/aromatic N) is 1. The maximum Gasteiger partial charge on any atom is 0.341 e. The zero-order valence-corrected chi connectivity index (χ0v) is 14.9. The number of rotatable bonds is 9. The molecule has 0 heterocycles. The molecule has 1 aliphatic carbocycles. The predicted molar refractivity (Wildman–Crippen MR) is 100 cm³/mol. The van der Waals surface area contributed by atoms with Crippen LogP contribution in [0.2, 0.25) is 0 Å². The largest absolute Gasteiger partial charge is 0.482 e. The van der Waals surface area contributed by atoms with E-state index in [0.717, 1.165) is 12.8 Å². The van der Waals surface area contributed by atoms with Gasteiger partial charge < -0.3 is 20.5 Å². The molecule has 3 N–H and O–H groups in total. The van der Waals surface area contributed by atoms with E-state index in [0.29, 0.717) is 17.0 Å². The second kappa shape index (κ2) is 8.38. The number of carboxylic acid groups (broad SMARTS) is 1. The van der Waals surface area contributed by atoms with Crippen molar-refractivity contribution >= 4 is 23.3 Å². The molecule has 9 heteroatoms. The molecule has 0 aromatic heterocycles. The summed E-state index contributed by atoms with van der Waals surface area (Å²) in [5, 5.41) is 25.7. The van der Waals surface area contributed by atoms with Crippen LogP contribution in [0.25, 0.3) is 0 Å². The van der Waals surface area contributed by atoms with Crippen LogP contribution in [-0.4, -0.2) is 34.6 Å². The van der Waals surface area contributed by atoms with E-state index in [2.05, 4.69) is 10.6 Å². The number of benzene rings is 2. The van der Waals surface area contributed by atoms with Crippen molar-refractivity contribution in [1.82, 2.24) is 5.32 Å². The molecule has 0 spiro atoms. The van der Waals surface area contributed by atoms with Gasteiger partial charge in [0, 0.05) is 24.2 Å². The van der Waals surface area contributed by atoms with Crippen molar-refractivity contribution in [2.24, 2.45) is 0 Å². The van der Waals surface area contributed by atoms with Crippen LogP contribution in [0.15, 0.2) is 42.5 Å². The number of anilines is 1. The van der Waals surface area contributed by atoms with Gasteiger partial charge in [-0.15, -0.1) is 0 Å². The molecule has 1 aliphatic rings. The molecular weight excluding hydrogens is 366 g/mol. The first-order valence-electron chi connectivity index (χ1n) is 8.69. The third-order valence-electron chi connectivity index (χ3n) is 4.11. The highest BCUT2D eigenvalue weighted by Crippen LogP contribution is 2.31. The zero-order valence-electron chi connectivity index (χ0n) is 14.9. The number of carboxylic acids is 1. The number of hydrogen-bond acceptors (Lipinski definition) is 6. The van der Waals surface area contributed by atoms with Crippen LogP contribution < -0.4 is 15.4 Å². The maximum atomic E-state index is 12.4. The molecule has 1 fully saturated rings. The Kier molecular flexibility index (Phi) is 5.73. The quantitative estimate of drug-likeness (QED) is 0.446. The molecule has 0 saturated heterocycles. The first-order chi connectivity index (χ1) is 13.4. The van der Waals surface area contributed by atoms with E-state index in [9.17, 15) is 19.7 Å². The van der Waals surface area contributed by atoms with E-state index in [1.54, 1.807) is 36.4 Å². The number of aliphatic carboxylic acids is 1. The van der Waals surface area contributed by atoms with Gasteiger partial charge in [0.2, 0.25) is 0 Å². The average molecular weight is 385 g/mol. The first-order valence-corrected chi connectivity index (χ1v) is 8.69. The lowest BCUT2D eigenvalue weighted by atomic mass is 10.1. The van der Waals surface area contributed by atoms with E-state index >= 15 is 0 Å². The molecule has 2 aromatic rings. The fraction of sp³-hybridized carbons (Fsp3) is 0.263. The van der Waals surface area contributed by atoms with Crippen LogP contribution in [0.4, 0.5) is 11.4 Å². The summed E-state index contributed by atoms with van der Waals surface area (Å²) in [6, 6.07) is 11.3. The van der Waals surface area contributed by atoms with Gasteiger partial charge in [0.05, 0.1) is 4.92 Å². The van der Waals surface area contributed by atoms with Crippen LogP contribution in [0, 0.1) is 10.1 Å². The molecule has 0 aliphatic heterocycles. The fourth-order valence-electron chi connectivity index (χ4n) is 2.57. The molecule has 1 saturated carbocycles. The molecule has 9 nitrogen and oxygen atoms in total. The lowest BCUT2D eigenvalue weighted by Gasteiger charge is -2.10. The van der Waals surface area contributed by atoms with Gasteiger partial charge in [-0.3, -0.25) is 14.9 Å². The summed E-state index contributed by atoms with van der Waals surface area (Å²) in [6.45, 7) is -0.292. The highest BCUT2D eigenvalue weighted by Gasteiger charge is 2.25. The Bertz CT molecular complexity index is 910. The number of nitro groups is 1. The molecule has 0 unspecified atom stereocenters. The molecule has 3 rings (SSSR count). The normalized spacial score (nSPS) is 12.9. The lowest BCUT2D eigenvalue weighted by Crippen LogP contribution is -2.23. The van der Waals surface area contributed by atoms with Crippen LogP contribution in [0.1, 0.15) is 28.8 Å². The minimum atomic E-state index is -1.08. The Morgan fingerprint density at radius 2 is 2.00 bits per heavy atom.